The van der Waals surface area contributed by atoms with E-state index in [1.807, 2.05) is 42.2 Å². The quantitative estimate of drug-likeness (QED) is 0.663. The molecule has 0 spiro atoms. The number of benzene rings is 1. The van der Waals surface area contributed by atoms with Crippen molar-refractivity contribution in [3.63, 3.8) is 0 Å². The number of anilines is 1. The Hall–Kier alpha value is -2.93. The summed E-state index contributed by atoms with van der Waals surface area (Å²) in [7, 11) is 0. The second-order valence-corrected chi connectivity index (χ2v) is 7.17. The number of ketones is 1. The Bertz CT molecular complexity index is 1170. The summed E-state index contributed by atoms with van der Waals surface area (Å²) in [6.07, 6.45) is 1.75. The van der Waals surface area contributed by atoms with Gasteiger partial charge in [0, 0.05) is 17.3 Å². The third-order valence-electron chi connectivity index (χ3n) is 4.23. The Kier molecular flexibility index (Phi) is 4.08. The molecule has 0 radical (unpaired) electrons. The number of carbonyl (C=O) groups excluding carboxylic acids is 1. The van der Waals surface area contributed by atoms with E-state index in [0.717, 1.165) is 11.4 Å². The minimum absolute atomic E-state index is 0.0137. The molecule has 6 nitrogen and oxygen atoms in total. The Labute approximate surface area is 153 Å². The smallest absolute Gasteiger partial charge is 0.271 e. The summed E-state index contributed by atoms with van der Waals surface area (Å²) >= 11 is 1.36. The topological polar surface area (TPSA) is 67.8 Å². The van der Waals surface area contributed by atoms with Crippen LogP contribution < -0.4 is 19.8 Å². The van der Waals surface area contributed by atoms with E-state index in [-0.39, 0.29) is 11.3 Å². The van der Waals surface area contributed by atoms with Crippen LogP contribution >= 0.6 is 11.3 Å². The molecule has 3 heterocycles. The molecule has 0 amide bonds. The van der Waals surface area contributed by atoms with Gasteiger partial charge in [-0.1, -0.05) is 23.5 Å². The van der Waals surface area contributed by atoms with Crippen LogP contribution in [0, 0.1) is 6.92 Å². The molecule has 2 aromatic heterocycles. The van der Waals surface area contributed by atoms with Crippen molar-refractivity contribution in [2.75, 3.05) is 11.6 Å². The standard InChI is InChI=1S/C19H17N3O3S/c1-12-6-7-16(25-12)9-17-18(24)22-11-21(10-20-19(22)26-17)15-5-3-4-14(8-15)13(2)23/h3-9H,10-11H2,1-2H3/b17-9+. The van der Waals surface area contributed by atoms with Crippen molar-refractivity contribution in [2.24, 2.45) is 4.99 Å². The highest BCUT2D eigenvalue weighted by molar-refractivity contribution is 7.07. The highest BCUT2D eigenvalue weighted by Crippen LogP contribution is 2.18. The van der Waals surface area contributed by atoms with Crippen LogP contribution in [0.3, 0.4) is 0 Å². The number of aromatic nitrogens is 1. The molecule has 1 aliphatic heterocycles. The zero-order valence-corrected chi connectivity index (χ0v) is 15.2. The molecule has 1 aliphatic rings. The molecule has 0 fully saturated rings. The first-order chi connectivity index (χ1) is 12.5. The SMILES string of the molecule is CC(=O)c1cccc(N2CN=c3s/c(=C/c4ccc(C)o4)c(=O)n3C2)c1. The Morgan fingerprint density at radius 1 is 1.31 bits per heavy atom. The van der Waals surface area contributed by atoms with E-state index in [9.17, 15) is 9.59 Å². The second-order valence-electron chi connectivity index (χ2n) is 6.16. The van der Waals surface area contributed by atoms with E-state index in [4.69, 9.17) is 4.42 Å². The van der Waals surface area contributed by atoms with E-state index in [1.165, 1.54) is 11.3 Å². The Morgan fingerprint density at radius 3 is 2.88 bits per heavy atom. The van der Waals surface area contributed by atoms with Gasteiger partial charge in [-0.05, 0) is 38.1 Å². The van der Waals surface area contributed by atoms with E-state index in [1.54, 1.807) is 23.6 Å². The van der Waals surface area contributed by atoms with Crippen LogP contribution in [0.15, 0.2) is 50.6 Å². The third kappa shape index (κ3) is 3.01. The Balaban J connectivity index is 1.70. The molecule has 26 heavy (non-hydrogen) atoms. The molecule has 0 N–H and O–H groups in total. The second kappa shape index (κ2) is 6.42. The number of thiazole rings is 1. The number of aryl methyl sites for hydroxylation is 1. The van der Waals surface area contributed by atoms with Crippen molar-refractivity contribution in [2.45, 2.75) is 20.5 Å². The van der Waals surface area contributed by atoms with E-state index in [2.05, 4.69) is 4.99 Å². The van der Waals surface area contributed by atoms with Gasteiger partial charge in [-0.25, -0.2) is 4.99 Å². The number of fused-ring (bicyclic) bond motifs is 1. The van der Waals surface area contributed by atoms with Gasteiger partial charge in [0.2, 0.25) is 0 Å². The van der Waals surface area contributed by atoms with Gasteiger partial charge in [0.1, 0.15) is 24.9 Å². The summed E-state index contributed by atoms with van der Waals surface area (Å²) in [5, 5.41) is 0. The first kappa shape index (κ1) is 16.5. The van der Waals surface area contributed by atoms with Crippen molar-refractivity contribution < 1.29 is 9.21 Å². The molecule has 1 aromatic carbocycles. The van der Waals surface area contributed by atoms with Gasteiger partial charge in [0.15, 0.2) is 10.6 Å². The molecule has 0 saturated carbocycles. The summed E-state index contributed by atoms with van der Waals surface area (Å²) in [5.41, 5.74) is 1.43. The highest BCUT2D eigenvalue weighted by Gasteiger charge is 2.16. The molecule has 3 aromatic rings. The predicted molar refractivity (Wildman–Crippen MR) is 100 cm³/mol. The number of hydrogen-bond donors (Lipinski definition) is 0. The van der Waals surface area contributed by atoms with Crippen LogP contribution in [0.5, 0.6) is 0 Å². The zero-order chi connectivity index (χ0) is 18.3. The third-order valence-corrected chi connectivity index (χ3v) is 5.27. The predicted octanol–water partition coefficient (Wildman–Crippen LogP) is 1.90. The number of nitrogens with zero attached hydrogens (tertiary/aromatic N) is 3. The largest absolute Gasteiger partial charge is 0.462 e. The fourth-order valence-corrected chi connectivity index (χ4v) is 3.80. The number of carbonyl (C=O) groups is 1. The fourth-order valence-electron chi connectivity index (χ4n) is 2.86. The fraction of sp³-hybridized carbons (Fsp3) is 0.211. The summed E-state index contributed by atoms with van der Waals surface area (Å²) in [5.74, 6) is 1.48. The molecule has 7 heteroatoms. The first-order valence-corrected chi connectivity index (χ1v) is 9.01. The van der Waals surface area contributed by atoms with Gasteiger partial charge in [0.05, 0.1) is 4.53 Å². The Morgan fingerprint density at radius 2 is 2.15 bits per heavy atom. The summed E-state index contributed by atoms with van der Waals surface area (Å²) in [6.45, 7) is 4.26. The molecule has 4 rings (SSSR count). The van der Waals surface area contributed by atoms with Crippen molar-refractivity contribution >= 4 is 28.9 Å². The summed E-state index contributed by atoms with van der Waals surface area (Å²) in [6, 6.07) is 11.1. The van der Waals surface area contributed by atoms with Gasteiger partial charge in [-0.2, -0.15) is 0 Å². The van der Waals surface area contributed by atoms with Crippen LogP contribution in [0.1, 0.15) is 28.8 Å². The van der Waals surface area contributed by atoms with Crippen molar-refractivity contribution in [3.8, 4) is 0 Å². The van der Waals surface area contributed by atoms with Crippen LogP contribution in [-0.4, -0.2) is 17.0 Å². The van der Waals surface area contributed by atoms with Crippen molar-refractivity contribution in [1.29, 1.82) is 0 Å². The normalized spacial score (nSPS) is 14.2. The van der Waals surface area contributed by atoms with Crippen LogP contribution in [0.25, 0.3) is 6.08 Å². The molecule has 0 bridgehead atoms. The van der Waals surface area contributed by atoms with Gasteiger partial charge in [-0.3, -0.25) is 14.2 Å². The molecule has 0 aliphatic carbocycles. The number of furan rings is 1. The van der Waals surface area contributed by atoms with Gasteiger partial charge in [-0.15, -0.1) is 0 Å². The number of hydrogen-bond acceptors (Lipinski definition) is 6. The first-order valence-electron chi connectivity index (χ1n) is 8.19. The minimum Gasteiger partial charge on any atom is -0.462 e. The maximum atomic E-state index is 12.7. The maximum Gasteiger partial charge on any atom is 0.271 e. The van der Waals surface area contributed by atoms with Gasteiger partial charge in [0.25, 0.3) is 5.56 Å². The maximum absolute atomic E-state index is 12.7. The van der Waals surface area contributed by atoms with Crippen LogP contribution in [0.2, 0.25) is 0 Å². The molecule has 0 saturated heterocycles. The molecular formula is C19H17N3O3S. The molecule has 132 valence electrons. The lowest BCUT2D eigenvalue weighted by atomic mass is 10.1. The molecular weight excluding hydrogens is 350 g/mol. The monoisotopic (exact) mass is 367 g/mol. The van der Waals surface area contributed by atoms with E-state index >= 15 is 0 Å². The average Bonchev–Trinajstić information content (AvgIpc) is 3.18. The lowest BCUT2D eigenvalue weighted by Gasteiger charge is -2.25. The highest BCUT2D eigenvalue weighted by atomic mass is 32.1. The number of Topliss-reactive ketones (excluding diaryl/α,β-unsaturated/α-hetero) is 1. The van der Waals surface area contributed by atoms with Gasteiger partial charge >= 0.3 is 0 Å². The van der Waals surface area contributed by atoms with Crippen molar-refractivity contribution in [3.05, 3.63) is 73.2 Å². The molecule has 0 unspecified atom stereocenters. The van der Waals surface area contributed by atoms with Gasteiger partial charge < -0.3 is 9.32 Å². The van der Waals surface area contributed by atoms with E-state index < -0.39 is 0 Å². The number of rotatable bonds is 3. The minimum atomic E-state index is -0.0878. The van der Waals surface area contributed by atoms with Crippen molar-refractivity contribution in [1.82, 2.24) is 4.57 Å². The van der Waals surface area contributed by atoms with E-state index in [0.29, 0.717) is 34.0 Å². The lowest BCUT2D eigenvalue weighted by Crippen LogP contribution is -2.42. The van der Waals surface area contributed by atoms with Crippen LogP contribution in [-0.2, 0) is 6.67 Å². The molecule has 0 atom stereocenters. The van der Waals surface area contributed by atoms with Crippen LogP contribution in [0.4, 0.5) is 5.69 Å². The summed E-state index contributed by atoms with van der Waals surface area (Å²) in [4.78, 5) is 31.5. The summed E-state index contributed by atoms with van der Waals surface area (Å²) < 4.78 is 7.77. The zero-order valence-electron chi connectivity index (χ0n) is 14.4. The lowest BCUT2D eigenvalue weighted by molar-refractivity contribution is 0.101. The average molecular weight is 367 g/mol.